The molecule has 0 fully saturated rings. The second-order valence-corrected chi connectivity index (χ2v) is 5.22. The monoisotopic (exact) mass is 255 g/mol. The van der Waals surface area contributed by atoms with Crippen LogP contribution in [0.25, 0.3) is 0 Å². The van der Waals surface area contributed by atoms with Gasteiger partial charge < -0.3 is 4.52 Å². The van der Waals surface area contributed by atoms with Gasteiger partial charge in [0.05, 0.1) is 5.69 Å². The molecular formula is C16H17NO2. The number of ketones is 1. The molecule has 3 rings (SSSR count). The lowest BCUT2D eigenvalue weighted by Crippen LogP contribution is -2.22. The molecule has 0 amide bonds. The van der Waals surface area contributed by atoms with Gasteiger partial charge in [-0.2, -0.15) is 0 Å². The Morgan fingerprint density at radius 2 is 2.05 bits per heavy atom. The van der Waals surface area contributed by atoms with Crippen molar-refractivity contribution in [2.45, 2.75) is 39.0 Å². The Morgan fingerprint density at radius 1 is 1.26 bits per heavy atom. The molecular weight excluding hydrogens is 238 g/mol. The number of carbonyl (C=O) groups excluding carboxylic acids is 1. The van der Waals surface area contributed by atoms with Crippen LogP contribution in [0.3, 0.4) is 0 Å². The lowest BCUT2D eigenvalue weighted by Gasteiger charge is -2.24. The molecule has 1 aromatic carbocycles. The maximum atomic E-state index is 12.3. The fourth-order valence-electron chi connectivity index (χ4n) is 2.93. The van der Waals surface area contributed by atoms with Gasteiger partial charge in [0.2, 0.25) is 0 Å². The predicted molar refractivity (Wildman–Crippen MR) is 72.2 cm³/mol. The van der Waals surface area contributed by atoms with Crippen LogP contribution in [0, 0.1) is 13.8 Å². The number of fused-ring (bicyclic) bond motifs is 1. The number of hydrogen-bond acceptors (Lipinski definition) is 3. The van der Waals surface area contributed by atoms with Gasteiger partial charge in [0.25, 0.3) is 0 Å². The van der Waals surface area contributed by atoms with E-state index < -0.39 is 0 Å². The topological polar surface area (TPSA) is 43.1 Å². The Morgan fingerprint density at radius 3 is 2.79 bits per heavy atom. The third-order valence-electron chi connectivity index (χ3n) is 4.05. The van der Waals surface area contributed by atoms with E-state index in [1.165, 1.54) is 11.1 Å². The highest BCUT2D eigenvalue weighted by Gasteiger charge is 2.29. The van der Waals surface area contributed by atoms with E-state index in [1.54, 1.807) is 0 Å². The normalized spacial score (nSPS) is 18.4. The van der Waals surface area contributed by atoms with Gasteiger partial charge in [-0.15, -0.1) is 0 Å². The average Bonchev–Trinajstić information content (AvgIpc) is 2.73. The number of rotatable bonds is 2. The van der Waals surface area contributed by atoms with E-state index in [4.69, 9.17) is 4.52 Å². The van der Waals surface area contributed by atoms with Crippen LogP contribution < -0.4 is 0 Å². The van der Waals surface area contributed by atoms with Crippen molar-refractivity contribution in [3.05, 3.63) is 52.4 Å². The van der Waals surface area contributed by atoms with Gasteiger partial charge >= 0.3 is 0 Å². The molecule has 98 valence electrons. The highest BCUT2D eigenvalue weighted by molar-refractivity contribution is 5.88. The third-order valence-corrected chi connectivity index (χ3v) is 4.05. The highest BCUT2D eigenvalue weighted by atomic mass is 16.5. The predicted octanol–water partition coefficient (Wildman–Crippen LogP) is 3.13. The number of aryl methyl sites for hydroxylation is 3. The summed E-state index contributed by atoms with van der Waals surface area (Å²) in [7, 11) is 0. The maximum absolute atomic E-state index is 12.3. The van der Waals surface area contributed by atoms with Crippen LogP contribution in [0.5, 0.6) is 0 Å². The van der Waals surface area contributed by atoms with E-state index in [0.717, 1.165) is 23.4 Å². The Bertz CT molecular complexity index is 608. The second kappa shape index (κ2) is 4.65. The molecule has 1 aliphatic carbocycles. The first-order chi connectivity index (χ1) is 9.16. The van der Waals surface area contributed by atoms with Gasteiger partial charge in [-0.3, -0.25) is 4.79 Å². The minimum atomic E-state index is -0.0400. The Balaban J connectivity index is 1.98. The molecule has 0 saturated heterocycles. The zero-order chi connectivity index (χ0) is 13.4. The standard InChI is InChI=1S/C16H17NO2/c1-10-14(11(2)19-17-10)9-15-13-6-4-3-5-12(13)7-8-16(15)18/h3-6,15H,7-9H2,1-2H3. The molecule has 0 radical (unpaired) electrons. The Kier molecular flexibility index (Phi) is 2.97. The van der Waals surface area contributed by atoms with Crippen molar-refractivity contribution >= 4 is 5.78 Å². The van der Waals surface area contributed by atoms with Crippen LogP contribution in [-0.4, -0.2) is 10.9 Å². The summed E-state index contributed by atoms with van der Waals surface area (Å²) in [5, 5.41) is 3.98. The van der Waals surface area contributed by atoms with Crippen LogP contribution in [0.1, 0.15) is 40.5 Å². The number of carbonyl (C=O) groups is 1. The summed E-state index contributed by atoms with van der Waals surface area (Å²) in [6.45, 7) is 3.85. The zero-order valence-electron chi connectivity index (χ0n) is 11.3. The van der Waals surface area contributed by atoms with Crippen LogP contribution in [0.4, 0.5) is 0 Å². The van der Waals surface area contributed by atoms with Gasteiger partial charge in [-0.1, -0.05) is 29.4 Å². The molecule has 0 aliphatic heterocycles. The van der Waals surface area contributed by atoms with Crippen molar-refractivity contribution in [2.75, 3.05) is 0 Å². The van der Waals surface area contributed by atoms with Crippen molar-refractivity contribution in [3.63, 3.8) is 0 Å². The zero-order valence-corrected chi connectivity index (χ0v) is 11.3. The first-order valence-electron chi connectivity index (χ1n) is 6.69. The summed E-state index contributed by atoms with van der Waals surface area (Å²) in [4.78, 5) is 12.3. The summed E-state index contributed by atoms with van der Waals surface area (Å²) in [5.74, 6) is 1.12. The van der Waals surface area contributed by atoms with E-state index >= 15 is 0 Å². The first-order valence-corrected chi connectivity index (χ1v) is 6.69. The lowest BCUT2D eigenvalue weighted by molar-refractivity contribution is -0.120. The molecule has 1 aromatic heterocycles. The van der Waals surface area contributed by atoms with Crippen molar-refractivity contribution in [1.29, 1.82) is 0 Å². The molecule has 1 aliphatic rings. The van der Waals surface area contributed by atoms with Gasteiger partial charge in [0.15, 0.2) is 0 Å². The number of Topliss-reactive ketones (excluding diaryl/α,β-unsaturated/α-hetero) is 1. The van der Waals surface area contributed by atoms with Crippen molar-refractivity contribution in [1.82, 2.24) is 5.16 Å². The molecule has 0 saturated carbocycles. The van der Waals surface area contributed by atoms with Crippen LogP contribution in [0.2, 0.25) is 0 Å². The van der Waals surface area contributed by atoms with Crippen molar-refractivity contribution in [2.24, 2.45) is 0 Å². The van der Waals surface area contributed by atoms with Gasteiger partial charge in [0.1, 0.15) is 11.5 Å². The van der Waals surface area contributed by atoms with Crippen LogP contribution in [0.15, 0.2) is 28.8 Å². The van der Waals surface area contributed by atoms with E-state index in [1.807, 2.05) is 26.0 Å². The Hall–Kier alpha value is -1.90. The average molecular weight is 255 g/mol. The van der Waals surface area contributed by atoms with Crippen LogP contribution in [-0.2, 0) is 17.6 Å². The lowest BCUT2D eigenvalue weighted by atomic mass is 9.78. The van der Waals surface area contributed by atoms with Gasteiger partial charge in [0, 0.05) is 17.9 Å². The summed E-state index contributed by atoms with van der Waals surface area (Å²) in [6.07, 6.45) is 2.22. The molecule has 0 spiro atoms. The van der Waals surface area contributed by atoms with Crippen molar-refractivity contribution in [3.8, 4) is 0 Å². The molecule has 0 N–H and O–H groups in total. The smallest absolute Gasteiger partial charge is 0.141 e. The molecule has 3 nitrogen and oxygen atoms in total. The van der Waals surface area contributed by atoms with Gasteiger partial charge in [-0.05, 0) is 37.8 Å². The minimum Gasteiger partial charge on any atom is -0.361 e. The van der Waals surface area contributed by atoms with Crippen molar-refractivity contribution < 1.29 is 9.32 Å². The number of benzene rings is 1. The molecule has 1 heterocycles. The summed E-state index contributed by atoms with van der Waals surface area (Å²) < 4.78 is 5.20. The largest absolute Gasteiger partial charge is 0.361 e. The number of nitrogens with zero attached hydrogens (tertiary/aromatic N) is 1. The minimum absolute atomic E-state index is 0.0400. The quantitative estimate of drug-likeness (QED) is 0.828. The number of hydrogen-bond donors (Lipinski definition) is 0. The summed E-state index contributed by atoms with van der Waals surface area (Å²) in [5.41, 5.74) is 4.46. The number of aromatic nitrogens is 1. The van der Waals surface area contributed by atoms with E-state index in [-0.39, 0.29) is 5.92 Å². The van der Waals surface area contributed by atoms with E-state index in [9.17, 15) is 4.79 Å². The van der Waals surface area contributed by atoms with Gasteiger partial charge in [-0.25, -0.2) is 0 Å². The van der Waals surface area contributed by atoms with E-state index in [2.05, 4.69) is 17.3 Å². The highest BCUT2D eigenvalue weighted by Crippen LogP contribution is 2.33. The fraction of sp³-hybridized carbons (Fsp3) is 0.375. The Labute approximate surface area is 112 Å². The maximum Gasteiger partial charge on any atom is 0.141 e. The molecule has 19 heavy (non-hydrogen) atoms. The van der Waals surface area contributed by atoms with E-state index in [0.29, 0.717) is 18.6 Å². The molecule has 2 aromatic rings. The molecule has 1 atom stereocenters. The second-order valence-electron chi connectivity index (χ2n) is 5.22. The van der Waals surface area contributed by atoms with Crippen LogP contribution >= 0.6 is 0 Å². The SMILES string of the molecule is Cc1noc(C)c1CC1C(=O)CCc2ccccc21. The molecule has 1 unspecified atom stereocenters. The third kappa shape index (κ3) is 2.09. The summed E-state index contributed by atoms with van der Waals surface area (Å²) >= 11 is 0. The molecule has 0 bridgehead atoms. The summed E-state index contributed by atoms with van der Waals surface area (Å²) in [6, 6.07) is 8.26. The fourth-order valence-corrected chi connectivity index (χ4v) is 2.93. The molecule has 3 heteroatoms. The first kappa shape index (κ1) is 12.2.